The van der Waals surface area contributed by atoms with Crippen molar-refractivity contribution in [2.45, 2.75) is 11.8 Å². The molecule has 0 aliphatic heterocycles. The van der Waals surface area contributed by atoms with E-state index < -0.39 is 15.6 Å². The van der Waals surface area contributed by atoms with Crippen LogP contribution in [0, 0.1) is 6.92 Å². The minimum atomic E-state index is -4.04. The van der Waals surface area contributed by atoms with Gasteiger partial charge >= 0.3 is 18.9 Å². The first-order chi connectivity index (χ1) is 10.5. The van der Waals surface area contributed by atoms with Crippen molar-refractivity contribution in [1.29, 1.82) is 0 Å². The predicted molar refractivity (Wildman–Crippen MR) is 80.9 cm³/mol. The Morgan fingerprint density at radius 3 is 2.39 bits per heavy atom. The topological polar surface area (TPSA) is 96.0 Å². The Kier molecular flexibility index (Phi) is 4.90. The van der Waals surface area contributed by atoms with E-state index in [1.165, 1.54) is 18.2 Å². The molecule has 0 fully saturated rings. The third-order valence-electron chi connectivity index (χ3n) is 3.06. The Balaban J connectivity index is 0.00000192. The third-order valence-corrected chi connectivity index (χ3v) is 4.29. The molecule has 3 aromatic rings. The normalized spacial score (nSPS) is 11.0. The predicted octanol–water partition coefficient (Wildman–Crippen LogP) is -1.37. The van der Waals surface area contributed by atoms with Gasteiger partial charge in [-0.05, 0) is 31.2 Å². The molecule has 0 saturated carbocycles. The van der Waals surface area contributed by atoms with Gasteiger partial charge in [0.05, 0.1) is 15.8 Å². The molecule has 1 aromatic heterocycles. The molecule has 3 rings (SSSR count). The van der Waals surface area contributed by atoms with Gasteiger partial charge in [0.1, 0.15) is 0 Å². The van der Waals surface area contributed by atoms with Gasteiger partial charge in [-0.2, -0.15) is 0 Å². The number of benzene rings is 2. The summed E-state index contributed by atoms with van der Waals surface area (Å²) in [5.41, 5.74) is 0.662. The van der Waals surface area contributed by atoms with Gasteiger partial charge in [-0.15, -0.1) is 0 Å². The Morgan fingerprint density at radius 2 is 1.70 bits per heavy atom. The van der Waals surface area contributed by atoms with Crippen molar-refractivity contribution < 1.29 is 27.3 Å². The molecule has 0 radical (unpaired) electrons. The van der Waals surface area contributed by atoms with Crippen LogP contribution in [0.4, 0.5) is 0 Å². The first kappa shape index (κ1) is 17.2. The molecule has 2 aromatic carbocycles. The van der Waals surface area contributed by atoms with E-state index in [-0.39, 0.29) is 29.1 Å². The Labute approximate surface area is 144 Å². The zero-order valence-electron chi connectivity index (χ0n) is 12.5. The van der Waals surface area contributed by atoms with Crippen molar-refractivity contribution in [3.8, 4) is 0 Å². The molecule has 23 heavy (non-hydrogen) atoms. The summed E-state index contributed by atoms with van der Waals surface area (Å²) in [5, 5.41) is 7.58. The molecule has 0 N–H and O–H groups in total. The number of aryl methyl sites for hydroxylation is 1. The van der Waals surface area contributed by atoms with Crippen LogP contribution in [0.15, 0.2) is 58.2 Å². The summed E-state index contributed by atoms with van der Waals surface area (Å²) in [7, 11) is -4.04. The first-order valence-corrected chi connectivity index (χ1v) is 7.81. The standard InChI is InChI=1S/C14H11N4O3S.Li/c1-10-6-8-11(9-7-10)22(20,21)17-18-14(19)12-4-2-3-5-13(12)15-16-18;/h2-9H,1H3;/q-1;+1. The zero-order valence-corrected chi connectivity index (χ0v) is 13.4. The van der Waals surface area contributed by atoms with Gasteiger partial charge in [-0.25, -0.2) is 13.5 Å². The summed E-state index contributed by atoms with van der Waals surface area (Å²) in [6.07, 6.45) is 0. The van der Waals surface area contributed by atoms with Crippen LogP contribution >= 0.6 is 0 Å². The van der Waals surface area contributed by atoms with Crippen molar-refractivity contribution in [2.75, 3.05) is 0 Å². The third kappa shape index (κ3) is 3.45. The number of nitrogens with zero attached hydrogens (tertiary/aromatic N) is 4. The molecule has 0 aliphatic rings. The van der Waals surface area contributed by atoms with Gasteiger partial charge < -0.3 is 0 Å². The van der Waals surface area contributed by atoms with E-state index >= 15 is 0 Å². The Morgan fingerprint density at radius 1 is 1.04 bits per heavy atom. The van der Waals surface area contributed by atoms with Crippen LogP contribution in [-0.4, -0.2) is 23.5 Å². The van der Waals surface area contributed by atoms with E-state index in [9.17, 15) is 13.2 Å². The van der Waals surface area contributed by atoms with Crippen LogP contribution in [0.25, 0.3) is 15.7 Å². The van der Waals surface area contributed by atoms with Gasteiger partial charge in [0, 0.05) is 0 Å². The van der Waals surface area contributed by atoms with Crippen LogP contribution in [-0.2, 0) is 10.0 Å². The van der Waals surface area contributed by atoms with Crippen LogP contribution in [0.3, 0.4) is 0 Å². The molecule has 0 atom stereocenters. The molecule has 112 valence electrons. The molecule has 0 aliphatic carbocycles. The molecule has 0 saturated heterocycles. The maximum atomic E-state index is 12.2. The second kappa shape index (κ2) is 6.54. The molecule has 0 bridgehead atoms. The largest absolute Gasteiger partial charge is 1.00 e. The molecule has 9 heteroatoms. The van der Waals surface area contributed by atoms with Crippen molar-refractivity contribution in [3.63, 3.8) is 0 Å². The fourth-order valence-corrected chi connectivity index (χ4v) is 2.78. The van der Waals surface area contributed by atoms with Crippen LogP contribution < -0.4 is 24.4 Å². The van der Waals surface area contributed by atoms with Gasteiger partial charge in [0.2, 0.25) is 10.0 Å². The average Bonchev–Trinajstić information content (AvgIpc) is 2.51. The number of hydrogen-bond acceptors (Lipinski definition) is 5. The average molecular weight is 322 g/mol. The summed E-state index contributed by atoms with van der Waals surface area (Å²) in [6, 6.07) is 12.7. The number of fused-ring (bicyclic) bond motifs is 1. The summed E-state index contributed by atoms with van der Waals surface area (Å²) >= 11 is 0. The molecule has 0 unspecified atom stereocenters. The van der Waals surface area contributed by atoms with E-state index in [0.717, 1.165) is 5.56 Å². The smallest absolute Gasteiger partial charge is 0.277 e. The molecule has 0 spiro atoms. The Hall–Kier alpha value is -2.14. The summed E-state index contributed by atoms with van der Waals surface area (Å²) in [4.78, 5) is 16.1. The van der Waals surface area contributed by atoms with Gasteiger partial charge in [0.15, 0.2) is 0 Å². The fraction of sp³-hybridized carbons (Fsp3) is 0.0714. The van der Waals surface area contributed by atoms with Crippen molar-refractivity contribution >= 4 is 20.9 Å². The van der Waals surface area contributed by atoms with Gasteiger partial charge in [-0.3, -0.25) is 19.6 Å². The second-order valence-corrected chi connectivity index (χ2v) is 6.26. The number of aromatic nitrogens is 3. The second-order valence-electron chi connectivity index (χ2n) is 4.67. The van der Waals surface area contributed by atoms with E-state index in [1.54, 1.807) is 30.3 Å². The van der Waals surface area contributed by atoms with Gasteiger partial charge in [0.25, 0.3) is 5.56 Å². The SMILES string of the molecule is Cc1ccc(S(=O)(=O)[N-]n2nnc3ccccc3c2=O)cc1.[Li+]. The number of hydrogen-bond donors (Lipinski definition) is 0. The van der Waals surface area contributed by atoms with E-state index in [4.69, 9.17) is 0 Å². The van der Waals surface area contributed by atoms with E-state index in [1.807, 2.05) is 6.92 Å². The summed E-state index contributed by atoms with van der Waals surface area (Å²) < 4.78 is 24.4. The van der Waals surface area contributed by atoms with Crippen LogP contribution in [0.5, 0.6) is 0 Å². The maximum Gasteiger partial charge on any atom is 1.00 e. The minimum absolute atomic E-state index is 0. The first-order valence-electron chi connectivity index (χ1n) is 6.37. The maximum absolute atomic E-state index is 12.2. The van der Waals surface area contributed by atoms with Crippen LogP contribution in [0.1, 0.15) is 5.56 Å². The number of rotatable bonds is 3. The monoisotopic (exact) mass is 322 g/mol. The molecule has 1 heterocycles. The van der Waals surface area contributed by atoms with Crippen molar-refractivity contribution in [3.05, 3.63) is 69.3 Å². The van der Waals surface area contributed by atoms with E-state index in [2.05, 4.69) is 15.1 Å². The minimum Gasteiger partial charge on any atom is -0.277 e. The van der Waals surface area contributed by atoms with Gasteiger partial charge in [-0.1, -0.05) is 29.8 Å². The quantitative estimate of drug-likeness (QED) is 0.554. The molecular formula is C14H11LiN4O3S. The van der Waals surface area contributed by atoms with Crippen molar-refractivity contribution in [2.24, 2.45) is 0 Å². The molecule has 7 nitrogen and oxygen atoms in total. The fourth-order valence-electron chi connectivity index (χ4n) is 1.89. The van der Waals surface area contributed by atoms with Crippen LogP contribution in [0.2, 0.25) is 0 Å². The number of sulfonamides is 1. The summed E-state index contributed by atoms with van der Waals surface area (Å²) in [6.45, 7) is 1.84. The van der Waals surface area contributed by atoms with Crippen molar-refractivity contribution in [1.82, 2.24) is 15.1 Å². The summed E-state index contributed by atoms with van der Waals surface area (Å²) in [5.74, 6) is 0. The zero-order chi connectivity index (χ0) is 15.7. The Bertz CT molecular complexity index is 1000. The molecule has 0 amide bonds. The molecular weight excluding hydrogens is 311 g/mol. The van der Waals surface area contributed by atoms with E-state index in [0.29, 0.717) is 10.3 Å².